The number of fused-ring (bicyclic) bond motifs is 2. The van der Waals surface area contributed by atoms with Crippen LogP contribution in [0.1, 0.15) is 5.56 Å². The van der Waals surface area contributed by atoms with Crippen LogP contribution in [0.5, 0.6) is 0 Å². The second kappa shape index (κ2) is 5.02. The van der Waals surface area contributed by atoms with Crippen molar-refractivity contribution in [2.45, 2.75) is 13.0 Å². The fourth-order valence-corrected chi connectivity index (χ4v) is 3.51. The molecule has 0 unspecified atom stereocenters. The number of hydrogen-bond donors (Lipinski definition) is 1. The Morgan fingerprint density at radius 2 is 2.14 bits per heavy atom. The predicted octanol–water partition coefficient (Wildman–Crippen LogP) is 2.41. The number of pyridine rings is 1. The Balaban J connectivity index is 1.67. The van der Waals surface area contributed by atoms with Crippen LogP contribution in [-0.2, 0) is 0 Å². The molecule has 0 aliphatic carbocycles. The van der Waals surface area contributed by atoms with Crippen molar-refractivity contribution in [3.05, 3.63) is 34.9 Å². The second-order valence-corrected chi connectivity index (χ2v) is 6.32. The molecule has 114 valence electrons. The number of nitrogens with zero attached hydrogens (tertiary/aromatic N) is 3. The van der Waals surface area contributed by atoms with Gasteiger partial charge in [0, 0.05) is 36.6 Å². The molecular weight excluding hydrogens is 300 g/mol. The van der Waals surface area contributed by atoms with E-state index in [1.165, 1.54) is 0 Å². The number of amides is 2. The third-order valence-electron chi connectivity index (χ3n) is 4.55. The van der Waals surface area contributed by atoms with Gasteiger partial charge < -0.3 is 15.1 Å². The number of carbonyl (C=O) groups excluding carboxylic acids is 1. The Hall–Kier alpha value is -2.01. The lowest BCUT2D eigenvalue weighted by molar-refractivity contribution is 0.197. The minimum absolute atomic E-state index is 0.0544. The Morgan fingerprint density at radius 3 is 3.00 bits per heavy atom. The van der Waals surface area contributed by atoms with Gasteiger partial charge in [-0.2, -0.15) is 0 Å². The van der Waals surface area contributed by atoms with E-state index < -0.39 is 0 Å². The summed E-state index contributed by atoms with van der Waals surface area (Å²) in [4.78, 5) is 20.7. The van der Waals surface area contributed by atoms with Gasteiger partial charge in [-0.15, -0.1) is 0 Å². The largest absolute Gasteiger partial charge is 0.353 e. The SMILES string of the molecule is Cc1ccc(Cl)c2ccc(N3CCN4C(=O)NC[C@H]4C3)nc12. The molecule has 0 spiro atoms. The Morgan fingerprint density at radius 1 is 1.27 bits per heavy atom. The first-order valence-corrected chi connectivity index (χ1v) is 7.86. The number of aryl methyl sites for hydroxylation is 1. The van der Waals surface area contributed by atoms with Gasteiger partial charge in [-0.1, -0.05) is 17.7 Å². The summed E-state index contributed by atoms with van der Waals surface area (Å²) in [5, 5.41) is 4.62. The first-order chi connectivity index (χ1) is 10.6. The van der Waals surface area contributed by atoms with E-state index in [2.05, 4.69) is 10.2 Å². The zero-order valence-electron chi connectivity index (χ0n) is 12.3. The van der Waals surface area contributed by atoms with Gasteiger partial charge in [0.25, 0.3) is 0 Å². The predicted molar refractivity (Wildman–Crippen MR) is 87.6 cm³/mol. The van der Waals surface area contributed by atoms with Gasteiger partial charge in [0.05, 0.1) is 11.6 Å². The quantitative estimate of drug-likeness (QED) is 0.879. The van der Waals surface area contributed by atoms with Gasteiger partial charge in [0.2, 0.25) is 0 Å². The van der Waals surface area contributed by atoms with Gasteiger partial charge in [-0.25, -0.2) is 9.78 Å². The molecule has 1 atom stereocenters. The first-order valence-electron chi connectivity index (χ1n) is 7.49. The van der Waals surface area contributed by atoms with Crippen LogP contribution in [0.15, 0.2) is 24.3 Å². The number of hydrogen-bond acceptors (Lipinski definition) is 3. The van der Waals surface area contributed by atoms with Crippen LogP contribution in [0.25, 0.3) is 10.9 Å². The zero-order chi connectivity index (χ0) is 15.3. The van der Waals surface area contributed by atoms with E-state index in [1.807, 2.05) is 36.1 Å². The van der Waals surface area contributed by atoms with E-state index >= 15 is 0 Å². The van der Waals surface area contributed by atoms with E-state index in [4.69, 9.17) is 16.6 Å². The molecule has 1 aromatic carbocycles. The smallest absolute Gasteiger partial charge is 0.317 e. The van der Waals surface area contributed by atoms with Crippen molar-refractivity contribution in [2.24, 2.45) is 0 Å². The molecule has 1 N–H and O–H groups in total. The molecule has 2 aliphatic heterocycles. The lowest BCUT2D eigenvalue weighted by Gasteiger charge is -2.37. The number of anilines is 1. The third-order valence-corrected chi connectivity index (χ3v) is 4.88. The summed E-state index contributed by atoms with van der Waals surface area (Å²) in [5.41, 5.74) is 2.07. The van der Waals surface area contributed by atoms with E-state index in [-0.39, 0.29) is 12.1 Å². The highest BCUT2D eigenvalue weighted by Gasteiger charge is 2.35. The van der Waals surface area contributed by atoms with Crippen molar-refractivity contribution in [1.29, 1.82) is 0 Å². The van der Waals surface area contributed by atoms with E-state index in [0.717, 1.165) is 46.9 Å². The Labute approximate surface area is 133 Å². The minimum Gasteiger partial charge on any atom is -0.353 e. The van der Waals surface area contributed by atoms with E-state index in [9.17, 15) is 4.79 Å². The molecular formula is C16H17ClN4O. The van der Waals surface area contributed by atoms with Crippen molar-refractivity contribution in [3.63, 3.8) is 0 Å². The monoisotopic (exact) mass is 316 g/mol. The molecule has 0 saturated carbocycles. The van der Waals surface area contributed by atoms with Crippen molar-refractivity contribution in [2.75, 3.05) is 31.1 Å². The summed E-state index contributed by atoms with van der Waals surface area (Å²) in [7, 11) is 0. The van der Waals surface area contributed by atoms with Gasteiger partial charge >= 0.3 is 6.03 Å². The van der Waals surface area contributed by atoms with Crippen LogP contribution >= 0.6 is 11.6 Å². The highest BCUT2D eigenvalue weighted by atomic mass is 35.5. The summed E-state index contributed by atoms with van der Waals surface area (Å²) >= 11 is 6.25. The molecule has 6 heteroatoms. The summed E-state index contributed by atoms with van der Waals surface area (Å²) in [6.07, 6.45) is 0. The van der Waals surface area contributed by atoms with Gasteiger partial charge in [-0.05, 0) is 30.7 Å². The maximum absolute atomic E-state index is 11.7. The fourth-order valence-electron chi connectivity index (χ4n) is 3.30. The molecule has 3 heterocycles. The zero-order valence-corrected chi connectivity index (χ0v) is 13.1. The highest BCUT2D eigenvalue weighted by molar-refractivity contribution is 6.35. The topological polar surface area (TPSA) is 48.5 Å². The number of aromatic nitrogens is 1. The number of carbonyl (C=O) groups is 1. The molecule has 2 aliphatic rings. The number of urea groups is 1. The van der Waals surface area contributed by atoms with Crippen LogP contribution in [0, 0.1) is 6.92 Å². The van der Waals surface area contributed by atoms with Gasteiger partial charge in [-0.3, -0.25) is 0 Å². The average molecular weight is 317 g/mol. The molecule has 2 saturated heterocycles. The lowest BCUT2D eigenvalue weighted by Crippen LogP contribution is -2.52. The molecule has 2 aromatic rings. The summed E-state index contributed by atoms with van der Waals surface area (Å²) in [6, 6.07) is 8.26. The highest BCUT2D eigenvalue weighted by Crippen LogP contribution is 2.28. The molecule has 2 amide bonds. The van der Waals surface area contributed by atoms with Crippen molar-refractivity contribution in [3.8, 4) is 0 Å². The number of rotatable bonds is 1. The lowest BCUT2D eigenvalue weighted by atomic mass is 10.1. The van der Waals surface area contributed by atoms with Crippen molar-refractivity contribution in [1.82, 2.24) is 15.2 Å². The summed E-state index contributed by atoms with van der Waals surface area (Å²) in [6.45, 7) is 5.13. The van der Waals surface area contributed by atoms with Crippen molar-refractivity contribution >= 4 is 34.4 Å². The van der Waals surface area contributed by atoms with Crippen molar-refractivity contribution < 1.29 is 4.79 Å². The molecule has 0 bridgehead atoms. The first kappa shape index (κ1) is 13.6. The molecule has 1 aromatic heterocycles. The molecule has 5 nitrogen and oxygen atoms in total. The normalized spacial score (nSPS) is 21.2. The molecule has 4 rings (SSSR count). The minimum atomic E-state index is 0.0544. The van der Waals surface area contributed by atoms with Crippen LogP contribution in [0.3, 0.4) is 0 Å². The summed E-state index contributed by atoms with van der Waals surface area (Å²) in [5.74, 6) is 0.955. The molecule has 22 heavy (non-hydrogen) atoms. The maximum atomic E-state index is 11.7. The number of piperazine rings is 1. The average Bonchev–Trinajstić information content (AvgIpc) is 2.91. The van der Waals surface area contributed by atoms with Crippen LogP contribution < -0.4 is 10.2 Å². The second-order valence-electron chi connectivity index (χ2n) is 5.91. The Kier molecular flexibility index (Phi) is 3.11. The van der Waals surface area contributed by atoms with E-state index in [0.29, 0.717) is 6.54 Å². The van der Waals surface area contributed by atoms with Crippen LogP contribution in [-0.4, -0.2) is 48.1 Å². The molecule has 0 radical (unpaired) electrons. The Bertz CT molecular complexity index is 763. The standard InChI is InChI=1S/C16H17ClN4O/c1-10-2-4-13(17)12-3-5-14(19-15(10)12)20-6-7-21-11(9-20)8-18-16(21)22/h2-5,11H,6-9H2,1H3,(H,18,22)/t11-/m0/s1. The number of nitrogens with one attached hydrogen (secondary N) is 1. The van der Waals surface area contributed by atoms with Crippen LogP contribution in [0.4, 0.5) is 10.6 Å². The maximum Gasteiger partial charge on any atom is 0.317 e. The van der Waals surface area contributed by atoms with Gasteiger partial charge in [0.15, 0.2) is 0 Å². The van der Waals surface area contributed by atoms with Gasteiger partial charge in [0.1, 0.15) is 5.82 Å². The number of halogens is 1. The van der Waals surface area contributed by atoms with Crippen LogP contribution in [0.2, 0.25) is 5.02 Å². The number of benzene rings is 1. The third kappa shape index (κ3) is 2.08. The van der Waals surface area contributed by atoms with E-state index in [1.54, 1.807) is 0 Å². The fraction of sp³-hybridized carbons (Fsp3) is 0.375. The summed E-state index contributed by atoms with van der Waals surface area (Å²) < 4.78 is 0. The molecule has 2 fully saturated rings.